The number of rotatable bonds is 8. The predicted molar refractivity (Wildman–Crippen MR) is 109 cm³/mol. The fraction of sp³-hybridized carbons (Fsp3) is 0.368. The minimum Gasteiger partial charge on any atom is -0.508 e. The fourth-order valence-electron chi connectivity index (χ4n) is 2.81. The number of phenols is 1. The van der Waals surface area contributed by atoms with E-state index in [1.807, 2.05) is 0 Å². The molecule has 0 saturated carbocycles. The molecule has 0 fully saturated rings. The summed E-state index contributed by atoms with van der Waals surface area (Å²) in [7, 11) is -4.23. The molecule has 5 nitrogen and oxygen atoms in total. The first-order chi connectivity index (χ1) is 14.7. The minimum absolute atomic E-state index is 0.0263. The van der Waals surface area contributed by atoms with Crippen molar-refractivity contribution >= 4 is 29.2 Å². The predicted octanol–water partition coefficient (Wildman–Crippen LogP) is 7.57. The van der Waals surface area contributed by atoms with Crippen molar-refractivity contribution in [3.63, 3.8) is 0 Å². The van der Waals surface area contributed by atoms with Gasteiger partial charge in [0.15, 0.2) is 5.78 Å². The average Bonchev–Trinajstić information content (AvgIpc) is 2.67. The third-order valence-corrected chi connectivity index (χ3v) is 6.88. The Morgan fingerprint density at radius 3 is 1.91 bits per heavy atom. The van der Waals surface area contributed by atoms with Crippen molar-refractivity contribution in [2.24, 2.45) is 0 Å². The third kappa shape index (κ3) is 6.40. The first-order valence-corrected chi connectivity index (χ1v) is 11.5. The lowest BCUT2D eigenvalue weighted by molar-refractivity contribution is -0.143. The Bertz CT molecular complexity index is 957. The van der Waals surface area contributed by atoms with Crippen LogP contribution in [0.15, 0.2) is 40.9 Å². The van der Waals surface area contributed by atoms with Gasteiger partial charge in [0.2, 0.25) is 0 Å². The largest absolute Gasteiger partial charge is 0.508 e. The molecule has 0 amide bonds. The van der Waals surface area contributed by atoms with Crippen LogP contribution in [0.5, 0.6) is 5.75 Å². The van der Waals surface area contributed by atoms with Crippen LogP contribution in [0.4, 0.5) is 32.0 Å². The molecular weight excluding hydrogens is 531 g/mol. The first kappa shape index (κ1) is 26.5. The van der Waals surface area contributed by atoms with Gasteiger partial charge in [-0.15, -0.1) is 0 Å². The second-order valence-corrected chi connectivity index (χ2v) is 9.45. The molecule has 13 heteroatoms. The van der Waals surface area contributed by atoms with E-state index in [1.165, 1.54) is 32.0 Å². The van der Waals surface area contributed by atoms with E-state index in [1.54, 1.807) is 0 Å². The molecule has 0 spiro atoms. The van der Waals surface area contributed by atoms with Crippen LogP contribution in [-0.2, 0) is 26.0 Å². The van der Waals surface area contributed by atoms with E-state index < -0.39 is 48.3 Å². The van der Waals surface area contributed by atoms with Gasteiger partial charge in [-0.1, -0.05) is 15.9 Å². The summed E-state index contributed by atoms with van der Waals surface area (Å²) in [5, 5.41) is 12.7. The molecule has 2 aromatic carbocycles. The molecule has 1 atom stereocenters. The van der Waals surface area contributed by atoms with Crippen LogP contribution in [0.25, 0.3) is 0 Å². The third-order valence-electron chi connectivity index (χ3n) is 4.11. The zero-order valence-corrected chi connectivity index (χ0v) is 19.2. The van der Waals surface area contributed by atoms with Crippen molar-refractivity contribution in [1.29, 1.82) is 0 Å². The van der Waals surface area contributed by atoms with Crippen LogP contribution < -0.4 is 5.32 Å². The second-order valence-electron chi connectivity index (χ2n) is 6.42. The Morgan fingerprint density at radius 2 is 1.47 bits per heavy atom. The molecule has 2 rings (SSSR count). The SMILES string of the molecule is CCOP(=O)(OCC)C(Nc1cc(C(F)(F)F)cc(C(F)(F)F)c1)c1cc(Br)ccc1O. The van der Waals surface area contributed by atoms with Gasteiger partial charge in [0.25, 0.3) is 0 Å². The smallest absolute Gasteiger partial charge is 0.416 e. The van der Waals surface area contributed by atoms with Crippen LogP contribution in [0, 0.1) is 0 Å². The molecule has 178 valence electrons. The molecule has 0 aliphatic rings. The van der Waals surface area contributed by atoms with Crippen molar-refractivity contribution in [3.8, 4) is 5.75 Å². The van der Waals surface area contributed by atoms with E-state index in [-0.39, 0.29) is 24.8 Å². The average molecular weight is 550 g/mol. The van der Waals surface area contributed by atoms with Gasteiger partial charge in [-0.25, -0.2) is 0 Å². The second kappa shape index (κ2) is 10.0. The Kier molecular flexibility index (Phi) is 8.30. The van der Waals surface area contributed by atoms with E-state index in [0.717, 1.165) is 0 Å². The van der Waals surface area contributed by atoms with E-state index >= 15 is 0 Å². The summed E-state index contributed by atoms with van der Waals surface area (Å²) < 4.78 is 104. The summed E-state index contributed by atoms with van der Waals surface area (Å²) in [5.41, 5.74) is -3.88. The van der Waals surface area contributed by atoms with E-state index in [0.29, 0.717) is 16.6 Å². The van der Waals surface area contributed by atoms with Gasteiger partial charge in [-0.05, 0) is 50.2 Å². The summed E-state index contributed by atoms with van der Waals surface area (Å²) in [6.45, 7) is 2.69. The van der Waals surface area contributed by atoms with E-state index in [9.17, 15) is 36.0 Å². The van der Waals surface area contributed by atoms with Crippen molar-refractivity contribution in [3.05, 3.63) is 57.6 Å². The molecule has 0 aromatic heterocycles. The molecule has 2 N–H and O–H groups in total. The van der Waals surface area contributed by atoms with Gasteiger partial charge < -0.3 is 19.5 Å². The number of anilines is 1. The van der Waals surface area contributed by atoms with Crippen LogP contribution in [-0.4, -0.2) is 18.3 Å². The van der Waals surface area contributed by atoms with Crippen LogP contribution in [0.1, 0.15) is 36.3 Å². The minimum atomic E-state index is -5.07. The van der Waals surface area contributed by atoms with Crippen molar-refractivity contribution in [2.45, 2.75) is 32.0 Å². The van der Waals surface area contributed by atoms with Crippen LogP contribution in [0.2, 0.25) is 0 Å². The molecule has 0 radical (unpaired) electrons. The molecule has 32 heavy (non-hydrogen) atoms. The Morgan fingerprint density at radius 1 is 0.969 bits per heavy atom. The molecule has 0 aliphatic heterocycles. The fourth-order valence-corrected chi connectivity index (χ4v) is 5.14. The monoisotopic (exact) mass is 549 g/mol. The van der Waals surface area contributed by atoms with Gasteiger partial charge in [-0.3, -0.25) is 4.57 Å². The van der Waals surface area contributed by atoms with E-state index in [4.69, 9.17) is 9.05 Å². The number of nitrogens with one attached hydrogen (secondary N) is 1. The molecule has 1 unspecified atom stereocenters. The highest BCUT2D eigenvalue weighted by Gasteiger charge is 2.41. The van der Waals surface area contributed by atoms with Gasteiger partial charge in [0.1, 0.15) is 5.75 Å². The molecule has 0 bridgehead atoms. The standard InChI is InChI=1S/C19H19BrF6NO4P/c1-3-30-32(29,31-4-2)17(15-10-13(20)5-6-16(15)28)27-14-8-11(18(21,22)23)7-12(9-14)19(24,25)26/h5-10,17,27-28H,3-4H2,1-2H3. The number of aromatic hydroxyl groups is 1. The molecule has 0 aliphatic carbocycles. The zero-order chi connectivity index (χ0) is 24.3. The number of benzene rings is 2. The molecule has 0 saturated heterocycles. The number of alkyl halides is 6. The van der Waals surface area contributed by atoms with Gasteiger partial charge in [-0.2, -0.15) is 26.3 Å². The quantitative estimate of drug-likeness (QED) is 0.262. The highest BCUT2D eigenvalue weighted by molar-refractivity contribution is 9.10. The number of hydrogen-bond donors (Lipinski definition) is 2. The van der Waals surface area contributed by atoms with Gasteiger partial charge in [0, 0.05) is 15.7 Å². The summed E-state index contributed by atoms with van der Waals surface area (Å²) in [5.74, 6) is -2.04. The summed E-state index contributed by atoms with van der Waals surface area (Å²) in [4.78, 5) is 0. The normalized spacial score (nSPS) is 13.8. The maximum Gasteiger partial charge on any atom is 0.416 e. The first-order valence-electron chi connectivity index (χ1n) is 9.14. The lowest BCUT2D eigenvalue weighted by Crippen LogP contribution is -2.17. The number of hydrogen-bond acceptors (Lipinski definition) is 5. The molecule has 2 aromatic rings. The van der Waals surface area contributed by atoms with Gasteiger partial charge in [0.05, 0.1) is 24.3 Å². The van der Waals surface area contributed by atoms with Crippen LogP contribution >= 0.6 is 23.5 Å². The summed E-state index contributed by atoms with van der Waals surface area (Å²) >= 11 is 3.16. The number of phenolic OH excluding ortho intramolecular Hbond substituents is 1. The Balaban J connectivity index is 2.71. The highest BCUT2D eigenvalue weighted by Crippen LogP contribution is 2.62. The van der Waals surface area contributed by atoms with Gasteiger partial charge >= 0.3 is 19.9 Å². The Labute approximate surface area is 188 Å². The maximum absolute atomic E-state index is 13.5. The summed E-state index contributed by atoms with van der Waals surface area (Å²) in [6.07, 6.45) is -10.1. The van der Waals surface area contributed by atoms with E-state index in [2.05, 4.69) is 21.2 Å². The topological polar surface area (TPSA) is 67.8 Å². The molecular formula is C19H19BrF6NO4P. The van der Waals surface area contributed by atoms with Crippen molar-refractivity contribution < 1.29 is 45.1 Å². The summed E-state index contributed by atoms with van der Waals surface area (Å²) in [6, 6.07) is 4.81. The lowest BCUT2D eigenvalue weighted by Gasteiger charge is -2.29. The highest BCUT2D eigenvalue weighted by atomic mass is 79.9. The zero-order valence-electron chi connectivity index (χ0n) is 16.7. The molecule has 0 heterocycles. The maximum atomic E-state index is 13.5. The number of halogens is 7. The Hall–Kier alpha value is -1.75. The van der Waals surface area contributed by atoms with Crippen molar-refractivity contribution in [2.75, 3.05) is 18.5 Å². The van der Waals surface area contributed by atoms with Crippen LogP contribution in [0.3, 0.4) is 0 Å². The lowest BCUT2D eigenvalue weighted by atomic mass is 10.1. The van der Waals surface area contributed by atoms with Crippen molar-refractivity contribution in [1.82, 2.24) is 0 Å².